The number of nitrogens with zero attached hydrogens (tertiary/aromatic N) is 2. The highest BCUT2D eigenvalue weighted by molar-refractivity contribution is 6.31. The van der Waals surface area contributed by atoms with E-state index in [1.54, 1.807) is 19.2 Å². The van der Waals surface area contributed by atoms with Crippen LogP contribution < -0.4 is 14.8 Å². The fourth-order valence-electron chi connectivity index (χ4n) is 3.11. The predicted octanol–water partition coefficient (Wildman–Crippen LogP) is 4.73. The minimum atomic E-state index is -0.477. The molecule has 6 nitrogen and oxygen atoms in total. The summed E-state index contributed by atoms with van der Waals surface area (Å²) in [5.41, 5.74) is 1.31. The van der Waals surface area contributed by atoms with Crippen molar-refractivity contribution in [2.45, 2.75) is 18.9 Å². The highest BCUT2D eigenvalue weighted by Crippen LogP contribution is 2.36. The average Bonchev–Trinajstić information content (AvgIpc) is 2.71. The number of ether oxygens (including phenoxy) is 3. The van der Waals surface area contributed by atoms with E-state index in [4.69, 9.17) is 25.8 Å². The standard InChI is InChI=1S/C20H19ClFN3O3/c1-26-18-9-17-14(8-19(18)28-13-3-2-6-27-10-13)20(24-11-23-17)25-12-4-5-16(22)15(21)7-12/h4-5,7-9,11,13H,2-3,6,10H2,1H3,(H,23,24,25)/t13-/m1/s1. The molecule has 1 aliphatic heterocycles. The zero-order valence-electron chi connectivity index (χ0n) is 15.2. The summed E-state index contributed by atoms with van der Waals surface area (Å²) in [6.07, 6.45) is 3.30. The van der Waals surface area contributed by atoms with Gasteiger partial charge in [-0.2, -0.15) is 0 Å². The molecule has 1 aliphatic rings. The first-order chi connectivity index (χ1) is 13.6. The summed E-state index contributed by atoms with van der Waals surface area (Å²) in [5, 5.41) is 3.94. The van der Waals surface area contributed by atoms with Gasteiger partial charge < -0.3 is 19.5 Å². The maximum Gasteiger partial charge on any atom is 0.162 e. The normalized spacial score (nSPS) is 16.8. The third-order valence-electron chi connectivity index (χ3n) is 4.52. The Morgan fingerprint density at radius 1 is 1.21 bits per heavy atom. The van der Waals surface area contributed by atoms with Gasteiger partial charge in [-0.1, -0.05) is 11.6 Å². The molecule has 0 saturated carbocycles. The van der Waals surface area contributed by atoms with Gasteiger partial charge in [0.2, 0.25) is 0 Å². The van der Waals surface area contributed by atoms with Gasteiger partial charge in [0.15, 0.2) is 11.5 Å². The van der Waals surface area contributed by atoms with E-state index in [2.05, 4.69) is 15.3 Å². The van der Waals surface area contributed by atoms with Gasteiger partial charge >= 0.3 is 0 Å². The molecule has 1 atom stereocenters. The van der Waals surface area contributed by atoms with Crippen LogP contribution in [0.3, 0.4) is 0 Å². The van der Waals surface area contributed by atoms with Gasteiger partial charge in [0, 0.05) is 23.7 Å². The molecule has 2 heterocycles. The lowest BCUT2D eigenvalue weighted by Gasteiger charge is -2.24. The smallest absolute Gasteiger partial charge is 0.162 e. The Labute approximate surface area is 166 Å². The zero-order chi connectivity index (χ0) is 19.5. The molecule has 2 aromatic carbocycles. The van der Waals surface area contributed by atoms with Gasteiger partial charge in [-0.25, -0.2) is 14.4 Å². The molecule has 146 valence electrons. The molecule has 1 aromatic heterocycles. The summed E-state index contributed by atoms with van der Waals surface area (Å²) < 4.78 is 30.5. The largest absolute Gasteiger partial charge is 0.493 e. The van der Waals surface area contributed by atoms with Gasteiger partial charge in [0.05, 0.1) is 24.3 Å². The number of benzene rings is 2. The first kappa shape index (κ1) is 18.7. The van der Waals surface area contributed by atoms with E-state index in [0.29, 0.717) is 35.1 Å². The molecule has 0 spiro atoms. The van der Waals surface area contributed by atoms with Crippen LogP contribution in [0, 0.1) is 5.82 Å². The summed E-state index contributed by atoms with van der Waals surface area (Å²) in [5.74, 6) is 1.27. The summed E-state index contributed by atoms with van der Waals surface area (Å²) in [6.45, 7) is 1.31. The highest BCUT2D eigenvalue weighted by Gasteiger charge is 2.19. The molecule has 8 heteroatoms. The molecular weight excluding hydrogens is 385 g/mol. The second kappa shape index (κ2) is 8.16. The summed E-state index contributed by atoms with van der Waals surface area (Å²) >= 11 is 5.88. The molecule has 0 unspecified atom stereocenters. The monoisotopic (exact) mass is 403 g/mol. The van der Waals surface area contributed by atoms with Crippen molar-refractivity contribution in [3.63, 3.8) is 0 Å². The number of methoxy groups -OCH3 is 1. The van der Waals surface area contributed by atoms with Gasteiger partial charge in [0.25, 0.3) is 0 Å². The van der Waals surface area contributed by atoms with Crippen molar-refractivity contribution >= 4 is 34.0 Å². The van der Waals surface area contributed by atoms with E-state index < -0.39 is 5.82 Å². The molecule has 28 heavy (non-hydrogen) atoms. The number of hydrogen-bond donors (Lipinski definition) is 1. The number of aromatic nitrogens is 2. The summed E-state index contributed by atoms with van der Waals surface area (Å²) in [7, 11) is 1.59. The molecule has 1 fully saturated rings. The van der Waals surface area contributed by atoms with Crippen molar-refractivity contribution in [1.82, 2.24) is 9.97 Å². The SMILES string of the molecule is COc1cc2ncnc(Nc3ccc(F)c(Cl)c3)c2cc1O[C@@H]1CCCOC1. The molecule has 1 saturated heterocycles. The first-order valence-corrected chi connectivity index (χ1v) is 9.31. The van der Waals surface area contributed by atoms with Crippen LogP contribution in [0.1, 0.15) is 12.8 Å². The van der Waals surface area contributed by atoms with Crippen molar-refractivity contribution in [3.05, 3.63) is 47.5 Å². The van der Waals surface area contributed by atoms with Crippen LogP contribution in [0.15, 0.2) is 36.7 Å². The number of rotatable bonds is 5. The lowest BCUT2D eigenvalue weighted by molar-refractivity contribution is 0.00651. The number of halogens is 2. The topological polar surface area (TPSA) is 65.5 Å². The van der Waals surface area contributed by atoms with Gasteiger partial charge in [-0.05, 0) is 37.1 Å². The van der Waals surface area contributed by atoms with Gasteiger partial charge in [-0.3, -0.25) is 0 Å². The molecular formula is C20H19ClFN3O3. The van der Waals surface area contributed by atoms with E-state index in [0.717, 1.165) is 24.8 Å². The molecule has 3 aromatic rings. The minimum absolute atomic E-state index is 0.0305. The quantitative estimate of drug-likeness (QED) is 0.664. The molecule has 0 bridgehead atoms. The zero-order valence-corrected chi connectivity index (χ0v) is 16.0. The summed E-state index contributed by atoms with van der Waals surface area (Å²) in [6, 6.07) is 8.05. The molecule has 0 amide bonds. The van der Waals surface area contributed by atoms with Crippen molar-refractivity contribution in [2.75, 3.05) is 25.6 Å². The first-order valence-electron chi connectivity index (χ1n) is 8.93. The van der Waals surface area contributed by atoms with Crippen LogP contribution in [0.5, 0.6) is 11.5 Å². The lowest BCUT2D eigenvalue weighted by Crippen LogP contribution is -2.28. The van der Waals surface area contributed by atoms with Crippen LogP contribution in [0.2, 0.25) is 5.02 Å². The fraction of sp³-hybridized carbons (Fsp3) is 0.300. The van der Waals surface area contributed by atoms with E-state index in [-0.39, 0.29) is 11.1 Å². The van der Waals surface area contributed by atoms with Crippen LogP contribution in [0.25, 0.3) is 10.9 Å². The lowest BCUT2D eigenvalue weighted by atomic mass is 10.1. The second-order valence-electron chi connectivity index (χ2n) is 6.45. The maximum absolute atomic E-state index is 13.4. The fourth-order valence-corrected chi connectivity index (χ4v) is 3.29. The Kier molecular flexibility index (Phi) is 5.45. The van der Waals surface area contributed by atoms with Gasteiger partial charge in [0.1, 0.15) is 24.1 Å². The maximum atomic E-state index is 13.4. The van der Waals surface area contributed by atoms with Crippen LogP contribution in [0.4, 0.5) is 15.9 Å². The van der Waals surface area contributed by atoms with E-state index in [9.17, 15) is 4.39 Å². The predicted molar refractivity (Wildman–Crippen MR) is 105 cm³/mol. The van der Waals surface area contributed by atoms with Crippen LogP contribution in [-0.2, 0) is 4.74 Å². The molecule has 0 aliphatic carbocycles. The number of nitrogens with one attached hydrogen (secondary N) is 1. The van der Waals surface area contributed by atoms with Crippen molar-refractivity contribution in [2.24, 2.45) is 0 Å². The van der Waals surface area contributed by atoms with Crippen molar-refractivity contribution in [1.29, 1.82) is 0 Å². The number of fused-ring (bicyclic) bond motifs is 1. The van der Waals surface area contributed by atoms with E-state index in [1.165, 1.54) is 18.5 Å². The van der Waals surface area contributed by atoms with E-state index >= 15 is 0 Å². The molecule has 1 N–H and O–H groups in total. The summed E-state index contributed by atoms with van der Waals surface area (Å²) in [4.78, 5) is 8.63. The van der Waals surface area contributed by atoms with Crippen molar-refractivity contribution < 1.29 is 18.6 Å². The van der Waals surface area contributed by atoms with E-state index in [1.807, 2.05) is 6.07 Å². The Bertz CT molecular complexity index is 996. The molecule has 0 radical (unpaired) electrons. The Hall–Kier alpha value is -2.64. The highest BCUT2D eigenvalue weighted by atomic mass is 35.5. The molecule has 4 rings (SSSR count). The van der Waals surface area contributed by atoms with Gasteiger partial charge in [-0.15, -0.1) is 0 Å². The Morgan fingerprint density at radius 2 is 2.11 bits per heavy atom. The van der Waals surface area contributed by atoms with Crippen molar-refractivity contribution in [3.8, 4) is 11.5 Å². The van der Waals surface area contributed by atoms with Crippen LogP contribution >= 0.6 is 11.6 Å². The average molecular weight is 404 g/mol. The third kappa shape index (κ3) is 3.95. The van der Waals surface area contributed by atoms with Crippen LogP contribution in [-0.4, -0.2) is 36.4 Å². The second-order valence-corrected chi connectivity index (χ2v) is 6.86. The third-order valence-corrected chi connectivity index (χ3v) is 4.80. The number of anilines is 2. The Balaban J connectivity index is 1.70. The minimum Gasteiger partial charge on any atom is -0.493 e. The number of hydrogen-bond acceptors (Lipinski definition) is 6. The Morgan fingerprint density at radius 3 is 2.86 bits per heavy atom.